The van der Waals surface area contributed by atoms with Crippen LogP contribution in [0.2, 0.25) is 0 Å². The number of ether oxygens (including phenoxy) is 3. The van der Waals surface area contributed by atoms with Crippen LogP contribution in [0.1, 0.15) is 0 Å². The summed E-state index contributed by atoms with van der Waals surface area (Å²) >= 11 is 2.25. The van der Waals surface area contributed by atoms with E-state index in [1.165, 1.54) is 0 Å². The molecule has 0 aromatic carbocycles. The molecular weight excluding hydrogens is 375 g/mol. The second-order valence-electron chi connectivity index (χ2n) is 5.09. The van der Waals surface area contributed by atoms with E-state index in [-0.39, 0.29) is 6.61 Å². The monoisotopic (exact) mass is 392 g/mol. The highest BCUT2D eigenvalue weighted by atomic mass is 127. The van der Waals surface area contributed by atoms with Gasteiger partial charge in [0.25, 0.3) is 0 Å². The molecule has 0 aliphatic carbocycles. The summed E-state index contributed by atoms with van der Waals surface area (Å²) in [6.45, 7) is 3.98. The zero-order valence-corrected chi connectivity index (χ0v) is 13.2. The molecule has 110 valence electrons. The van der Waals surface area contributed by atoms with E-state index >= 15 is 0 Å². The number of halogens is 1. The van der Waals surface area contributed by atoms with E-state index in [4.69, 9.17) is 14.2 Å². The van der Waals surface area contributed by atoms with Gasteiger partial charge in [0.1, 0.15) is 18.0 Å². The van der Waals surface area contributed by atoms with Gasteiger partial charge in [0.05, 0.1) is 26.4 Å². The highest BCUT2D eigenvalue weighted by Crippen LogP contribution is 2.23. The standard InChI is InChI=1S/C13H17IN2O4/c14-10-5-11(16-1-3-18-4-2-16)15-12(6-10)20-9-13(17)7-19-8-13/h5-6,17H,1-4,7-9H2. The van der Waals surface area contributed by atoms with Crippen LogP contribution in [-0.2, 0) is 9.47 Å². The third-order valence-corrected chi connectivity index (χ3v) is 3.94. The van der Waals surface area contributed by atoms with Crippen molar-refractivity contribution in [1.29, 1.82) is 0 Å². The largest absolute Gasteiger partial charge is 0.474 e. The fraction of sp³-hybridized carbons (Fsp3) is 0.615. The quantitative estimate of drug-likeness (QED) is 0.760. The van der Waals surface area contributed by atoms with Crippen LogP contribution in [0.3, 0.4) is 0 Å². The SMILES string of the molecule is OC1(COc2cc(I)cc(N3CCOCC3)n2)COC1. The highest BCUT2D eigenvalue weighted by molar-refractivity contribution is 14.1. The molecule has 3 heterocycles. The molecule has 0 atom stereocenters. The molecule has 20 heavy (non-hydrogen) atoms. The molecule has 1 aromatic heterocycles. The molecule has 0 saturated carbocycles. The maximum atomic E-state index is 9.95. The molecule has 2 fully saturated rings. The molecule has 3 rings (SSSR count). The lowest BCUT2D eigenvalue weighted by atomic mass is 10.0. The molecule has 6 nitrogen and oxygen atoms in total. The third-order valence-electron chi connectivity index (χ3n) is 3.32. The number of anilines is 1. The summed E-state index contributed by atoms with van der Waals surface area (Å²) in [7, 11) is 0. The van der Waals surface area contributed by atoms with Crippen molar-refractivity contribution in [2.45, 2.75) is 5.60 Å². The number of morpholine rings is 1. The number of hydrogen-bond donors (Lipinski definition) is 1. The maximum Gasteiger partial charge on any atom is 0.216 e. The first kappa shape index (κ1) is 14.3. The molecule has 2 aliphatic heterocycles. The first-order chi connectivity index (χ1) is 9.65. The van der Waals surface area contributed by atoms with Gasteiger partial charge in [0, 0.05) is 22.7 Å². The minimum Gasteiger partial charge on any atom is -0.474 e. The lowest BCUT2D eigenvalue weighted by Gasteiger charge is -2.35. The number of hydrogen-bond acceptors (Lipinski definition) is 6. The lowest BCUT2D eigenvalue weighted by Crippen LogP contribution is -2.54. The minimum atomic E-state index is -0.859. The molecule has 1 N–H and O–H groups in total. The van der Waals surface area contributed by atoms with Crippen LogP contribution in [0.15, 0.2) is 12.1 Å². The molecule has 1 aromatic rings. The molecule has 0 radical (unpaired) electrons. The van der Waals surface area contributed by atoms with Crippen molar-refractivity contribution in [1.82, 2.24) is 4.98 Å². The normalized spacial score (nSPS) is 21.4. The molecular formula is C13H17IN2O4. The van der Waals surface area contributed by atoms with Gasteiger partial charge in [-0.2, -0.15) is 4.98 Å². The summed E-state index contributed by atoms with van der Waals surface area (Å²) in [6.07, 6.45) is 0. The van der Waals surface area contributed by atoms with Crippen molar-refractivity contribution in [3.63, 3.8) is 0 Å². The van der Waals surface area contributed by atoms with Crippen LogP contribution in [0.4, 0.5) is 5.82 Å². The van der Waals surface area contributed by atoms with Crippen LogP contribution in [0, 0.1) is 3.57 Å². The average molecular weight is 392 g/mol. The Morgan fingerprint density at radius 1 is 1.30 bits per heavy atom. The summed E-state index contributed by atoms with van der Waals surface area (Å²) in [5.41, 5.74) is -0.859. The number of aromatic nitrogens is 1. The van der Waals surface area contributed by atoms with Gasteiger partial charge in [-0.05, 0) is 28.7 Å². The Morgan fingerprint density at radius 3 is 2.70 bits per heavy atom. The Kier molecular flexibility index (Phi) is 4.29. The second-order valence-corrected chi connectivity index (χ2v) is 6.33. The Balaban J connectivity index is 1.69. The van der Waals surface area contributed by atoms with Crippen molar-refractivity contribution >= 4 is 28.4 Å². The predicted octanol–water partition coefficient (Wildman–Crippen LogP) is 0.663. The van der Waals surface area contributed by atoms with Crippen molar-refractivity contribution < 1.29 is 19.3 Å². The van der Waals surface area contributed by atoms with Gasteiger partial charge in [0.2, 0.25) is 5.88 Å². The van der Waals surface area contributed by atoms with Gasteiger partial charge in [-0.15, -0.1) is 0 Å². The predicted molar refractivity (Wildman–Crippen MR) is 81.2 cm³/mol. The van der Waals surface area contributed by atoms with Crippen LogP contribution in [-0.4, -0.2) is 61.8 Å². The first-order valence-electron chi connectivity index (χ1n) is 6.58. The van der Waals surface area contributed by atoms with Gasteiger partial charge in [-0.25, -0.2) is 0 Å². The van der Waals surface area contributed by atoms with Crippen molar-refractivity contribution in [2.24, 2.45) is 0 Å². The summed E-state index contributed by atoms with van der Waals surface area (Å²) in [5.74, 6) is 1.44. The second kappa shape index (κ2) is 6.00. The minimum absolute atomic E-state index is 0.211. The Bertz CT molecular complexity index is 475. The van der Waals surface area contributed by atoms with Crippen LogP contribution in [0.25, 0.3) is 0 Å². The van der Waals surface area contributed by atoms with Crippen LogP contribution in [0.5, 0.6) is 5.88 Å². The number of aliphatic hydroxyl groups is 1. The summed E-state index contributed by atoms with van der Waals surface area (Å²) in [4.78, 5) is 6.69. The van der Waals surface area contributed by atoms with Gasteiger partial charge in [-0.3, -0.25) is 0 Å². The molecule has 0 bridgehead atoms. The zero-order chi connectivity index (χ0) is 14.0. The Hall–Kier alpha value is -0.640. The van der Waals surface area contributed by atoms with E-state index < -0.39 is 5.60 Å². The Morgan fingerprint density at radius 2 is 2.05 bits per heavy atom. The average Bonchev–Trinajstić information content (AvgIpc) is 2.43. The van der Waals surface area contributed by atoms with Crippen molar-refractivity contribution in [3.05, 3.63) is 15.7 Å². The molecule has 2 aliphatic rings. The fourth-order valence-corrected chi connectivity index (χ4v) is 2.66. The van der Waals surface area contributed by atoms with Crippen molar-refractivity contribution in [2.75, 3.05) is 51.0 Å². The van der Waals surface area contributed by atoms with Gasteiger partial charge < -0.3 is 24.2 Å². The van der Waals surface area contributed by atoms with Crippen molar-refractivity contribution in [3.8, 4) is 5.88 Å². The number of nitrogens with zero attached hydrogens (tertiary/aromatic N) is 2. The molecule has 2 saturated heterocycles. The number of rotatable bonds is 4. The van der Waals surface area contributed by atoms with Crippen LogP contribution < -0.4 is 9.64 Å². The summed E-state index contributed by atoms with van der Waals surface area (Å²) in [5, 5.41) is 9.95. The smallest absolute Gasteiger partial charge is 0.216 e. The van der Waals surface area contributed by atoms with Gasteiger partial charge in [-0.1, -0.05) is 0 Å². The molecule has 0 amide bonds. The van der Waals surface area contributed by atoms with E-state index in [0.717, 1.165) is 35.7 Å². The fourth-order valence-electron chi connectivity index (χ4n) is 2.12. The van der Waals surface area contributed by atoms with E-state index in [1.54, 1.807) is 0 Å². The van der Waals surface area contributed by atoms with E-state index in [9.17, 15) is 5.11 Å². The van der Waals surface area contributed by atoms with Gasteiger partial charge >= 0.3 is 0 Å². The lowest BCUT2D eigenvalue weighted by molar-refractivity contribution is -0.192. The first-order valence-corrected chi connectivity index (χ1v) is 7.66. The van der Waals surface area contributed by atoms with E-state index in [2.05, 4.69) is 32.5 Å². The van der Waals surface area contributed by atoms with E-state index in [1.807, 2.05) is 12.1 Å². The summed E-state index contributed by atoms with van der Waals surface area (Å²) in [6, 6.07) is 3.90. The third kappa shape index (κ3) is 3.33. The summed E-state index contributed by atoms with van der Waals surface area (Å²) < 4.78 is 17.0. The van der Waals surface area contributed by atoms with E-state index in [0.29, 0.717) is 19.1 Å². The topological polar surface area (TPSA) is 64.1 Å². The number of pyridine rings is 1. The maximum absolute atomic E-state index is 9.95. The molecule has 0 unspecified atom stereocenters. The molecule has 7 heteroatoms. The highest BCUT2D eigenvalue weighted by Gasteiger charge is 2.37. The Labute approximate surface area is 131 Å². The van der Waals surface area contributed by atoms with Gasteiger partial charge in [0.15, 0.2) is 0 Å². The van der Waals surface area contributed by atoms with Crippen LogP contribution >= 0.6 is 22.6 Å². The molecule has 0 spiro atoms. The zero-order valence-electron chi connectivity index (χ0n) is 11.0.